The largest absolute Gasteiger partial charge is 0.370 e. The van der Waals surface area contributed by atoms with Crippen molar-refractivity contribution in [1.82, 2.24) is 4.90 Å². The number of carbonyl (C=O) groups is 1. The number of carbonyl (C=O) groups excluding carboxylic acids is 1. The second-order valence-corrected chi connectivity index (χ2v) is 6.47. The van der Waals surface area contributed by atoms with E-state index in [9.17, 15) is 4.79 Å². The second-order valence-electron chi connectivity index (χ2n) is 4.33. The number of halogens is 2. The number of anilines is 1. The van der Waals surface area contributed by atoms with Crippen LogP contribution in [0.1, 0.15) is 0 Å². The van der Waals surface area contributed by atoms with Gasteiger partial charge in [-0.2, -0.15) is 11.8 Å². The number of nitrogens with one attached hydrogen (secondary N) is 1. The van der Waals surface area contributed by atoms with Crippen LogP contribution < -0.4 is 11.1 Å². The van der Waals surface area contributed by atoms with Crippen molar-refractivity contribution in [2.75, 3.05) is 36.5 Å². The summed E-state index contributed by atoms with van der Waals surface area (Å²) in [4.78, 5) is 18.0. The van der Waals surface area contributed by atoms with E-state index in [2.05, 4.69) is 26.2 Å². The molecule has 1 amide bonds. The van der Waals surface area contributed by atoms with Gasteiger partial charge in [-0.3, -0.25) is 4.79 Å². The number of guanidine groups is 1. The molecule has 1 saturated heterocycles. The summed E-state index contributed by atoms with van der Waals surface area (Å²) in [5, 5.41) is 2.79. The molecule has 1 aliphatic heterocycles. The number of benzene rings is 1. The van der Waals surface area contributed by atoms with Crippen LogP contribution in [0.2, 0.25) is 0 Å². The SMILES string of the molecule is I.NC(=NCC(=O)Nc1cccc(Br)c1)N1CCSCC1. The second kappa shape index (κ2) is 9.52. The van der Waals surface area contributed by atoms with E-state index >= 15 is 0 Å². The van der Waals surface area contributed by atoms with Crippen molar-refractivity contribution in [3.8, 4) is 0 Å². The van der Waals surface area contributed by atoms with E-state index in [4.69, 9.17) is 5.73 Å². The van der Waals surface area contributed by atoms with Crippen molar-refractivity contribution in [1.29, 1.82) is 0 Å². The van der Waals surface area contributed by atoms with E-state index in [0.717, 1.165) is 34.8 Å². The minimum Gasteiger partial charge on any atom is -0.370 e. The molecule has 116 valence electrons. The smallest absolute Gasteiger partial charge is 0.246 e. The normalized spacial score (nSPS) is 15.3. The van der Waals surface area contributed by atoms with E-state index in [0.29, 0.717) is 5.96 Å². The predicted octanol–water partition coefficient (Wildman–Crippen LogP) is 2.37. The Kier molecular flexibility index (Phi) is 8.42. The number of hydrogen-bond donors (Lipinski definition) is 2. The lowest BCUT2D eigenvalue weighted by Gasteiger charge is -2.27. The van der Waals surface area contributed by atoms with Gasteiger partial charge in [0.25, 0.3) is 0 Å². The van der Waals surface area contributed by atoms with Crippen molar-refractivity contribution in [3.63, 3.8) is 0 Å². The van der Waals surface area contributed by atoms with E-state index in [1.807, 2.05) is 40.9 Å². The van der Waals surface area contributed by atoms with Gasteiger partial charge < -0.3 is 16.0 Å². The molecule has 1 aromatic rings. The van der Waals surface area contributed by atoms with Crippen LogP contribution in [-0.2, 0) is 4.79 Å². The maximum atomic E-state index is 11.8. The van der Waals surface area contributed by atoms with Crippen LogP contribution in [-0.4, -0.2) is 47.9 Å². The molecule has 3 N–H and O–H groups in total. The zero-order valence-corrected chi connectivity index (χ0v) is 16.2. The fourth-order valence-electron chi connectivity index (χ4n) is 1.81. The lowest BCUT2D eigenvalue weighted by molar-refractivity contribution is -0.114. The molecule has 0 aromatic heterocycles. The van der Waals surface area contributed by atoms with E-state index in [1.165, 1.54) is 0 Å². The van der Waals surface area contributed by atoms with Crippen LogP contribution in [0.3, 0.4) is 0 Å². The number of rotatable bonds is 3. The summed E-state index contributed by atoms with van der Waals surface area (Å²) in [6, 6.07) is 7.44. The minimum atomic E-state index is -0.169. The molecule has 0 saturated carbocycles. The van der Waals surface area contributed by atoms with Crippen molar-refractivity contribution in [2.45, 2.75) is 0 Å². The average Bonchev–Trinajstić information content (AvgIpc) is 2.46. The predicted molar refractivity (Wildman–Crippen MR) is 104 cm³/mol. The van der Waals surface area contributed by atoms with E-state index in [1.54, 1.807) is 0 Å². The molecule has 5 nitrogen and oxygen atoms in total. The molecule has 2 rings (SSSR count). The first-order valence-corrected chi connectivity index (χ1v) is 8.28. The maximum Gasteiger partial charge on any atom is 0.246 e. The summed E-state index contributed by atoms with van der Waals surface area (Å²) in [5.74, 6) is 2.40. The molecule has 1 aliphatic rings. The highest BCUT2D eigenvalue weighted by Gasteiger charge is 2.12. The van der Waals surface area contributed by atoms with Gasteiger partial charge in [-0.1, -0.05) is 22.0 Å². The Morgan fingerprint density at radius 1 is 1.43 bits per heavy atom. The topological polar surface area (TPSA) is 70.7 Å². The Morgan fingerprint density at radius 2 is 2.14 bits per heavy atom. The Bertz CT molecular complexity index is 509. The third-order valence-electron chi connectivity index (χ3n) is 2.83. The van der Waals surface area contributed by atoms with Gasteiger partial charge in [-0.25, -0.2) is 4.99 Å². The molecule has 8 heteroatoms. The molecule has 0 radical (unpaired) electrons. The standard InChI is InChI=1S/C13H17BrN4OS.HI/c14-10-2-1-3-11(8-10)17-12(19)9-16-13(15)18-4-6-20-7-5-18;/h1-3,8H,4-7,9H2,(H2,15,16)(H,17,19);1H. The highest BCUT2D eigenvalue weighted by molar-refractivity contribution is 14.0. The van der Waals surface area contributed by atoms with Crippen LogP contribution in [0.25, 0.3) is 0 Å². The van der Waals surface area contributed by atoms with Gasteiger partial charge in [-0.05, 0) is 18.2 Å². The minimum absolute atomic E-state index is 0. The van der Waals surface area contributed by atoms with Crippen molar-refractivity contribution >= 4 is 69.2 Å². The van der Waals surface area contributed by atoms with Crippen molar-refractivity contribution in [2.24, 2.45) is 10.7 Å². The summed E-state index contributed by atoms with van der Waals surface area (Å²) in [6.07, 6.45) is 0. The molecular weight excluding hydrogens is 467 g/mol. The maximum absolute atomic E-state index is 11.8. The first-order chi connectivity index (χ1) is 9.65. The molecule has 1 fully saturated rings. The summed E-state index contributed by atoms with van der Waals surface area (Å²) in [7, 11) is 0. The van der Waals surface area contributed by atoms with Crippen LogP contribution in [0.5, 0.6) is 0 Å². The highest BCUT2D eigenvalue weighted by atomic mass is 127. The van der Waals surface area contributed by atoms with Gasteiger partial charge >= 0.3 is 0 Å². The summed E-state index contributed by atoms with van der Waals surface area (Å²) < 4.78 is 0.920. The zero-order chi connectivity index (χ0) is 14.4. The summed E-state index contributed by atoms with van der Waals surface area (Å²) in [5.41, 5.74) is 6.64. The molecule has 0 bridgehead atoms. The summed E-state index contributed by atoms with van der Waals surface area (Å²) >= 11 is 5.27. The number of nitrogens with two attached hydrogens (primary N) is 1. The monoisotopic (exact) mass is 484 g/mol. The lowest BCUT2D eigenvalue weighted by Crippen LogP contribution is -2.43. The number of thioether (sulfide) groups is 1. The zero-order valence-electron chi connectivity index (χ0n) is 11.4. The Morgan fingerprint density at radius 3 is 2.81 bits per heavy atom. The Hall–Kier alpha value is -0.480. The fraction of sp³-hybridized carbons (Fsp3) is 0.385. The highest BCUT2D eigenvalue weighted by Crippen LogP contribution is 2.15. The molecule has 1 aromatic carbocycles. The number of amides is 1. The van der Waals surface area contributed by atoms with Crippen LogP contribution >= 0.6 is 51.7 Å². The van der Waals surface area contributed by atoms with Crippen LogP contribution in [0.4, 0.5) is 5.69 Å². The van der Waals surface area contributed by atoms with Gasteiger partial charge in [0.05, 0.1) is 0 Å². The number of nitrogens with zero attached hydrogens (tertiary/aromatic N) is 2. The molecule has 21 heavy (non-hydrogen) atoms. The fourth-order valence-corrected chi connectivity index (χ4v) is 3.11. The quantitative estimate of drug-likeness (QED) is 0.392. The Labute approximate surface area is 154 Å². The number of aliphatic imine (C=N–C) groups is 1. The van der Waals surface area contributed by atoms with Gasteiger partial charge in [0, 0.05) is 34.8 Å². The molecule has 0 spiro atoms. The van der Waals surface area contributed by atoms with Crippen molar-refractivity contribution < 1.29 is 4.79 Å². The van der Waals surface area contributed by atoms with Gasteiger partial charge in [0.15, 0.2) is 5.96 Å². The third-order valence-corrected chi connectivity index (χ3v) is 4.26. The first kappa shape index (κ1) is 18.6. The van der Waals surface area contributed by atoms with Crippen molar-refractivity contribution in [3.05, 3.63) is 28.7 Å². The molecule has 0 aliphatic carbocycles. The van der Waals surface area contributed by atoms with E-state index in [-0.39, 0.29) is 36.4 Å². The van der Waals surface area contributed by atoms with Gasteiger partial charge in [0.1, 0.15) is 6.54 Å². The lowest BCUT2D eigenvalue weighted by atomic mass is 10.3. The molecule has 1 heterocycles. The van der Waals surface area contributed by atoms with Crippen LogP contribution in [0.15, 0.2) is 33.7 Å². The summed E-state index contributed by atoms with van der Waals surface area (Å²) in [6.45, 7) is 1.84. The third kappa shape index (κ3) is 6.43. The number of hydrogen-bond acceptors (Lipinski definition) is 3. The van der Waals surface area contributed by atoms with Crippen LogP contribution in [0, 0.1) is 0 Å². The molecule has 0 atom stereocenters. The van der Waals surface area contributed by atoms with Gasteiger partial charge in [-0.15, -0.1) is 24.0 Å². The first-order valence-electron chi connectivity index (χ1n) is 6.33. The van der Waals surface area contributed by atoms with E-state index < -0.39 is 0 Å². The molecular formula is C13H18BrIN4OS. The Balaban J connectivity index is 0.00000220. The molecule has 0 unspecified atom stereocenters. The van der Waals surface area contributed by atoms with Gasteiger partial charge in [0.2, 0.25) is 5.91 Å². The average molecular weight is 485 g/mol.